The zero-order chi connectivity index (χ0) is 24.7. The van der Waals surface area contributed by atoms with E-state index in [0.29, 0.717) is 0 Å². The number of hydrogen-bond acceptors (Lipinski definition) is 5. The van der Waals surface area contributed by atoms with E-state index in [0.717, 1.165) is 35.1 Å². The molecule has 0 spiro atoms. The van der Waals surface area contributed by atoms with Crippen molar-refractivity contribution in [3.8, 4) is 11.1 Å². The molecule has 0 saturated heterocycles. The lowest BCUT2D eigenvalue weighted by atomic mass is 9.95. The summed E-state index contributed by atoms with van der Waals surface area (Å²) in [6, 6.07) is 16.1. The standard InChI is InChI=1S/C26H26N4O5/c1-26(24(32)33,15-11-12-15)28-23(31)20-13-30(2)29-22(20)27-25(34)35-14-21-18-9-5-3-7-16(18)17-8-4-6-10-19(17)21/h3-10,13,15,21H,11-12,14H2,1-2H3,(H,28,31)(H,32,33)(H,27,29,34). The van der Waals surface area contributed by atoms with Crippen LogP contribution in [0.3, 0.4) is 0 Å². The minimum absolute atomic E-state index is 0.00533. The van der Waals surface area contributed by atoms with Gasteiger partial charge in [-0.05, 0) is 47.9 Å². The SMILES string of the molecule is Cn1cc(C(=O)NC(C)(C(=O)O)C2CC2)c(NC(=O)OCC2c3ccccc3-c3ccccc32)n1. The Morgan fingerprint density at radius 1 is 1.09 bits per heavy atom. The molecule has 2 amide bonds. The number of carboxylic acids is 1. The van der Waals surface area contributed by atoms with Gasteiger partial charge in [-0.3, -0.25) is 14.8 Å². The molecule has 9 heteroatoms. The molecule has 9 nitrogen and oxygen atoms in total. The predicted molar refractivity (Wildman–Crippen MR) is 128 cm³/mol. The largest absolute Gasteiger partial charge is 0.480 e. The van der Waals surface area contributed by atoms with E-state index in [9.17, 15) is 19.5 Å². The highest BCUT2D eigenvalue weighted by Crippen LogP contribution is 2.44. The number of amides is 2. The minimum atomic E-state index is -1.38. The average molecular weight is 475 g/mol. The maximum Gasteiger partial charge on any atom is 0.412 e. The Balaban J connectivity index is 1.29. The van der Waals surface area contributed by atoms with E-state index in [4.69, 9.17) is 4.74 Å². The Kier molecular flexibility index (Phi) is 5.55. The highest BCUT2D eigenvalue weighted by atomic mass is 16.5. The Labute approximate surface area is 202 Å². The van der Waals surface area contributed by atoms with Crippen molar-refractivity contribution in [2.24, 2.45) is 13.0 Å². The van der Waals surface area contributed by atoms with E-state index in [-0.39, 0.29) is 29.8 Å². The van der Waals surface area contributed by atoms with Crippen LogP contribution in [0.2, 0.25) is 0 Å². The molecule has 35 heavy (non-hydrogen) atoms. The summed E-state index contributed by atoms with van der Waals surface area (Å²) < 4.78 is 6.93. The summed E-state index contributed by atoms with van der Waals surface area (Å²) in [5.74, 6) is -1.94. The molecule has 0 bridgehead atoms. The van der Waals surface area contributed by atoms with Gasteiger partial charge in [-0.2, -0.15) is 5.10 Å². The van der Waals surface area contributed by atoms with Crippen LogP contribution in [-0.2, 0) is 16.6 Å². The van der Waals surface area contributed by atoms with Gasteiger partial charge in [-0.1, -0.05) is 48.5 Å². The Hall–Kier alpha value is -4.14. The number of carbonyl (C=O) groups excluding carboxylic acids is 2. The van der Waals surface area contributed by atoms with Crippen LogP contribution in [0.25, 0.3) is 11.1 Å². The lowest BCUT2D eigenvalue weighted by molar-refractivity contribution is -0.144. The third-order valence-corrected chi connectivity index (χ3v) is 6.85. The molecule has 1 fully saturated rings. The first-order valence-electron chi connectivity index (χ1n) is 11.5. The number of aromatic nitrogens is 2. The number of hydrogen-bond donors (Lipinski definition) is 3. The highest BCUT2D eigenvalue weighted by Gasteiger charge is 2.49. The number of anilines is 1. The van der Waals surface area contributed by atoms with Gasteiger partial charge in [0, 0.05) is 19.2 Å². The van der Waals surface area contributed by atoms with Crippen molar-refractivity contribution in [3.05, 3.63) is 71.4 Å². The number of carbonyl (C=O) groups is 3. The van der Waals surface area contributed by atoms with E-state index in [1.54, 1.807) is 7.05 Å². The summed E-state index contributed by atoms with van der Waals surface area (Å²) in [4.78, 5) is 37.4. The highest BCUT2D eigenvalue weighted by molar-refractivity contribution is 6.03. The predicted octanol–water partition coefficient (Wildman–Crippen LogP) is 3.76. The average Bonchev–Trinajstić information content (AvgIpc) is 3.56. The van der Waals surface area contributed by atoms with Crippen LogP contribution in [-0.4, -0.2) is 45.0 Å². The lowest BCUT2D eigenvalue weighted by Gasteiger charge is -2.26. The molecular weight excluding hydrogens is 448 g/mol. The Morgan fingerprint density at radius 2 is 1.69 bits per heavy atom. The minimum Gasteiger partial charge on any atom is -0.480 e. The molecule has 3 aromatic rings. The van der Waals surface area contributed by atoms with Gasteiger partial charge in [0.25, 0.3) is 5.91 Å². The Bertz CT molecular complexity index is 1280. The number of benzene rings is 2. The van der Waals surface area contributed by atoms with Gasteiger partial charge >= 0.3 is 12.1 Å². The fourth-order valence-corrected chi connectivity index (χ4v) is 4.77. The van der Waals surface area contributed by atoms with Crippen LogP contribution < -0.4 is 10.6 Å². The molecule has 1 aromatic heterocycles. The third-order valence-electron chi connectivity index (χ3n) is 6.85. The fourth-order valence-electron chi connectivity index (χ4n) is 4.77. The van der Waals surface area contributed by atoms with Crippen LogP contribution in [0, 0.1) is 5.92 Å². The summed E-state index contributed by atoms with van der Waals surface area (Å²) >= 11 is 0. The van der Waals surface area contributed by atoms with E-state index in [1.165, 1.54) is 17.8 Å². The number of rotatable bonds is 7. The van der Waals surface area contributed by atoms with E-state index < -0.39 is 23.5 Å². The second kappa shape index (κ2) is 8.57. The summed E-state index contributed by atoms with van der Waals surface area (Å²) in [5, 5.41) is 19.0. The molecule has 2 aromatic carbocycles. The fraction of sp³-hybridized carbons (Fsp3) is 0.308. The van der Waals surface area contributed by atoms with E-state index in [2.05, 4.69) is 27.9 Å². The van der Waals surface area contributed by atoms with Crippen molar-refractivity contribution in [1.82, 2.24) is 15.1 Å². The number of aliphatic carboxylic acids is 1. The van der Waals surface area contributed by atoms with Crippen molar-refractivity contribution in [2.45, 2.75) is 31.2 Å². The summed E-state index contributed by atoms with van der Waals surface area (Å²) in [6.45, 7) is 1.62. The summed E-state index contributed by atoms with van der Waals surface area (Å²) in [5.41, 5.74) is 3.11. The van der Waals surface area contributed by atoms with Crippen molar-refractivity contribution >= 4 is 23.8 Å². The van der Waals surface area contributed by atoms with Crippen molar-refractivity contribution in [3.63, 3.8) is 0 Å². The molecule has 0 aliphatic heterocycles. The third kappa shape index (κ3) is 4.14. The van der Waals surface area contributed by atoms with Crippen LogP contribution in [0.15, 0.2) is 54.7 Å². The quantitative estimate of drug-likeness (QED) is 0.479. The molecule has 3 N–H and O–H groups in total. The normalized spacial score (nSPS) is 16.1. The van der Waals surface area contributed by atoms with Gasteiger partial charge in [-0.25, -0.2) is 9.59 Å². The second-order valence-corrected chi connectivity index (χ2v) is 9.25. The molecule has 1 unspecified atom stereocenters. The van der Waals surface area contributed by atoms with E-state index >= 15 is 0 Å². The molecule has 2 aliphatic rings. The van der Waals surface area contributed by atoms with Crippen molar-refractivity contribution in [1.29, 1.82) is 0 Å². The molecule has 0 radical (unpaired) electrons. The van der Waals surface area contributed by atoms with Crippen LogP contribution in [0.1, 0.15) is 47.2 Å². The van der Waals surface area contributed by atoms with Gasteiger partial charge in [0.05, 0.1) is 0 Å². The molecule has 1 saturated carbocycles. The number of nitrogens with zero attached hydrogens (tertiary/aromatic N) is 2. The number of nitrogens with one attached hydrogen (secondary N) is 2. The zero-order valence-electron chi connectivity index (χ0n) is 19.4. The monoisotopic (exact) mass is 474 g/mol. The van der Waals surface area contributed by atoms with Crippen molar-refractivity contribution < 1.29 is 24.2 Å². The summed E-state index contributed by atoms with van der Waals surface area (Å²) in [6.07, 6.45) is 2.16. The molecule has 1 atom stereocenters. The maximum atomic E-state index is 12.9. The topological polar surface area (TPSA) is 123 Å². The van der Waals surface area contributed by atoms with Crippen LogP contribution >= 0.6 is 0 Å². The number of carboxylic acid groups (broad SMARTS) is 1. The van der Waals surface area contributed by atoms with E-state index in [1.807, 2.05) is 36.4 Å². The first kappa shape index (κ1) is 22.6. The molecule has 2 aliphatic carbocycles. The molecule has 180 valence electrons. The number of ether oxygens (including phenoxy) is 1. The lowest BCUT2D eigenvalue weighted by Crippen LogP contribution is -2.54. The number of aryl methyl sites for hydroxylation is 1. The van der Waals surface area contributed by atoms with Gasteiger partial charge in [0.1, 0.15) is 17.7 Å². The first-order chi connectivity index (χ1) is 16.8. The van der Waals surface area contributed by atoms with Crippen LogP contribution in [0.4, 0.5) is 10.6 Å². The zero-order valence-corrected chi connectivity index (χ0v) is 19.4. The summed E-state index contributed by atoms with van der Waals surface area (Å²) in [7, 11) is 1.61. The first-order valence-corrected chi connectivity index (χ1v) is 11.5. The van der Waals surface area contributed by atoms with Crippen molar-refractivity contribution in [2.75, 3.05) is 11.9 Å². The van der Waals surface area contributed by atoms with Gasteiger partial charge in [0.15, 0.2) is 5.82 Å². The Morgan fingerprint density at radius 3 is 2.26 bits per heavy atom. The second-order valence-electron chi connectivity index (χ2n) is 9.25. The van der Waals surface area contributed by atoms with Gasteiger partial charge in [0.2, 0.25) is 0 Å². The number of fused-ring (bicyclic) bond motifs is 3. The molecule has 1 heterocycles. The van der Waals surface area contributed by atoms with Gasteiger partial charge in [-0.15, -0.1) is 0 Å². The molecular formula is C26H26N4O5. The van der Waals surface area contributed by atoms with Crippen LogP contribution in [0.5, 0.6) is 0 Å². The van der Waals surface area contributed by atoms with Gasteiger partial charge < -0.3 is 15.2 Å². The maximum absolute atomic E-state index is 12.9. The smallest absolute Gasteiger partial charge is 0.412 e. The molecule has 5 rings (SSSR count).